The van der Waals surface area contributed by atoms with E-state index < -0.39 is 0 Å². The zero-order valence-corrected chi connectivity index (χ0v) is 11.9. The number of benzene rings is 1. The van der Waals surface area contributed by atoms with Crippen molar-refractivity contribution in [1.29, 1.82) is 0 Å². The monoisotopic (exact) mass is 245 g/mol. The Morgan fingerprint density at radius 2 is 1.78 bits per heavy atom. The largest absolute Gasteiger partial charge is 0.339 e. The molecule has 0 aliphatic carbocycles. The highest BCUT2D eigenvalue weighted by atomic mass is 16.2. The first-order valence-corrected chi connectivity index (χ1v) is 6.80. The van der Waals surface area contributed by atoms with Crippen LogP contribution in [0.25, 0.3) is 0 Å². The second-order valence-corrected chi connectivity index (χ2v) is 6.28. The fourth-order valence-corrected chi connectivity index (χ4v) is 2.46. The Kier molecular flexibility index (Phi) is 3.47. The first-order valence-electron chi connectivity index (χ1n) is 6.80. The van der Waals surface area contributed by atoms with Gasteiger partial charge in [-0.15, -0.1) is 0 Å². The van der Waals surface area contributed by atoms with E-state index in [1.807, 2.05) is 17.9 Å². The van der Waals surface area contributed by atoms with Gasteiger partial charge >= 0.3 is 0 Å². The maximum atomic E-state index is 12.4. The van der Waals surface area contributed by atoms with E-state index in [0.29, 0.717) is 0 Å². The van der Waals surface area contributed by atoms with Crippen molar-refractivity contribution in [2.24, 2.45) is 0 Å². The fourth-order valence-electron chi connectivity index (χ4n) is 2.46. The average molecular weight is 245 g/mol. The molecule has 1 heterocycles. The lowest BCUT2D eigenvalue weighted by Crippen LogP contribution is -2.28. The summed E-state index contributed by atoms with van der Waals surface area (Å²) in [6.45, 7) is 10.5. The van der Waals surface area contributed by atoms with Crippen LogP contribution in [-0.4, -0.2) is 23.9 Å². The minimum Gasteiger partial charge on any atom is -0.339 e. The molecule has 98 valence electrons. The third-order valence-electron chi connectivity index (χ3n) is 3.72. The van der Waals surface area contributed by atoms with Gasteiger partial charge in [0.05, 0.1) is 0 Å². The van der Waals surface area contributed by atoms with Crippen LogP contribution in [0.4, 0.5) is 0 Å². The summed E-state index contributed by atoms with van der Waals surface area (Å²) in [4.78, 5) is 14.3. The molecule has 0 radical (unpaired) electrons. The molecule has 0 spiro atoms. The van der Waals surface area contributed by atoms with Crippen molar-refractivity contribution in [2.75, 3.05) is 13.1 Å². The van der Waals surface area contributed by atoms with Gasteiger partial charge in [0.15, 0.2) is 0 Å². The molecule has 1 fully saturated rings. The van der Waals surface area contributed by atoms with Gasteiger partial charge in [0, 0.05) is 18.7 Å². The van der Waals surface area contributed by atoms with Crippen LogP contribution < -0.4 is 0 Å². The Hall–Kier alpha value is -1.31. The fraction of sp³-hybridized carbons (Fsp3) is 0.562. The van der Waals surface area contributed by atoms with Crippen molar-refractivity contribution in [3.63, 3.8) is 0 Å². The molecule has 0 saturated carbocycles. The van der Waals surface area contributed by atoms with Crippen molar-refractivity contribution in [2.45, 2.75) is 46.0 Å². The van der Waals surface area contributed by atoms with Gasteiger partial charge in [-0.1, -0.05) is 32.9 Å². The number of amides is 1. The predicted molar refractivity (Wildman–Crippen MR) is 75.0 cm³/mol. The Labute approximate surface area is 110 Å². The van der Waals surface area contributed by atoms with Gasteiger partial charge in [-0.3, -0.25) is 4.79 Å². The molecule has 1 amide bonds. The average Bonchev–Trinajstić information content (AvgIpc) is 2.80. The van der Waals surface area contributed by atoms with Gasteiger partial charge in [-0.2, -0.15) is 0 Å². The maximum Gasteiger partial charge on any atom is 0.254 e. The molecule has 1 saturated heterocycles. The lowest BCUT2D eigenvalue weighted by Gasteiger charge is -2.22. The minimum atomic E-state index is 0.139. The van der Waals surface area contributed by atoms with Gasteiger partial charge in [-0.25, -0.2) is 0 Å². The first-order chi connectivity index (χ1) is 8.39. The molecular formula is C16H23NO. The summed E-state index contributed by atoms with van der Waals surface area (Å²) < 4.78 is 0. The van der Waals surface area contributed by atoms with E-state index in [0.717, 1.165) is 37.1 Å². The molecule has 1 aromatic rings. The van der Waals surface area contributed by atoms with Crippen molar-refractivity contribution < 1.29 is 4.79 Å². The smallest absolute Gasteiger partial charge is 0.254 e. The number of likely N-dealkylation sites (tertiary alicyclic amines) is 1. The quantitative estimate of drug-likeness (QED) is 0.741. The van der Waals surface area contributed by atoms with E-state index in [2.05, 4.69) is 32.9 Å². The highest BCUT2D eigenvalue weighted by Gasteiger charge is 2.22. The standard InChI is InChI=1S/C16H23NO/c1-12-11-13(16(2,3)4)7-8-14(12)15(18)17-9-5-6-10-17/h7-8,11H,5-6,9-10H2,1-4H3. The second-order valence-electron chi connectivity index (χ2n) is 6.28. The van der Waals surface area contributed by atoms with Crippen molar-refractivity contribution in [1.82, 2.24) is 4.90 Å². The van der Waals surface area contributed by atoms with Crippen molar-refractivity contribution in [3.8, 4) is 0 Å². The summed E-state index contributed by atoms with van der Waals surface area (Å²) >= 11 is 0. The minimum absolute atomic E-state index is 0.139. The Balaban J connectivity index is 2.27. The maximum absolute atomic E-state index is 12.4. The van der Waals surface area contributed by atoms with Gasteiger partial charge < -0.3 is 4.90 Å². The van der Waals surface area contributed by atoms with Gasteiger partial charge in [0.2, 0.25) is 0 Å². The molecular weight excluding hydrogens is 222 g/mol. The zero-order valence-electron chi connectivity index (χ0n) is 11.9. The van der Waals surface area contributed by atoms with Crippen LogP contribution in [0.15, 0.2) is 18.2 Å². The second kappa shape index (κ2) is 4.75. The molecule has 1 aromatic carbocycles. The Morgan fingerprint density at radius 3 is 2.28 bits per heavy atom. The van der Waals surface area contributed by atoms with Gasteiger partial charge in [0.25, 0.3) is 5.91 Å². The third kappa shape index (κ3) is 2.58. The summed E-state index contributed by atoms with van der Waals surface area (Å²) in [6.07, 6.45) is 2.29. The molecule has 18 heavy (non-hydrogen) atoms. The summed E-state index contributed by atoms with van der Waals surface area (Å²) in [7, 11) is 0. The predicted octanol–water partition coefficient (Wildman–Crippen LogP) is 3.53. The van der Waals surface area contributed by atoms with Crippen LogP contribution in [0.2, 0.25) is 0 Å². The number of carbonyl (C=O) groups excluding carboxylic acids is 1. The lowest BCUT2D eigenvalue weighted by molar-refractivity contribution is 0.0792. The van der Waals surface area contributed by atoms with E-state index in [9.17, 15) is 4.79 Å². The number of hydrogen-bond acceptors (Lipinski definition) is 1. The molecule has 1 aliphatic heterocycles. The Bertz CT molecular complexity index is 451. The third-order valence-corrected chi connectivity index (χ3v) is 3.72. The molecule has 0 atom stereocenters. The molecule has 0 unspecified atom stereocenters. The van der Waals surface area contributed by atoms with Crippen LogP contribution in [0.1, 0.15) is 55.1 Å². The van der Waals surface area contributed by atoms with Crippen molar-refractivity contribution >= 4 is 5.91 Å². The van der Waals surface area contributed by atoms with Crippen molar-refractivity contribution in [3.05, 3.63) is 34.9 Å². The number of nitrogens with zero attached hydrogens (tertiary/aromatic N) is 1. The molecule has 1 aliphatic rings. The van der Waals surface area contributed by atoms with E-state index in [1.165, 1.54) is 5.56 Å². The lowest BCUT2D eigenvalue weighted by atomic mass is 9.85. The number of carbonyl (C=O) groups is 1. The van der Waals surface area contributed by atoms with Crippen LogP contribution >= 0.6 is 0 Å². The number of aryl methyl sites for hydroxylation is 1. The molecule has 0 bridgehead atoms. The van der Waals surface area contributed by atoms with Gasteiger partial charge in [-0.05, 0) is 42.4 Å². The molecule has 2 nitrogen and oxygen atoms in total. The normalized spacial score (nSPS) is 16.1. The molecule has 2 heteroatoms. The van der Waals surface area contributed by atoms with Crippen LogP contribution in [0.5, 0.6) is 0 Å². The topological polar surface area (TPSA) is 20.3 Å². The summed E-state index contributed by atoms with van der Waals surface area (Å²) in [5, 5.41) is 0. The van der Waals surface area contributed by atoms with Crippen LogP contribution in [-0.2, 0) is 5.41 Å². The van der Waals surface area contributed by atoms with E-state index in [-0.39, 0.29) is 11.3 Å². The van der Waals surface area contributed by atoms with Crippen LogP contribution in [0.3, 0.4) is 0 Å². The summed E-state index contributed by atoms with van der Waals surface area (Å²) in [5.74, 6) is 0.199. The highest BCUT2D eigenvalue weighted by Crippen LogP contribution is 2.25. The van der Waals surface area contributed by atoms with E-state index in [4.69, 9.17) is 0 Å². The van der Waals surface area contributed by atoms with Crippen LogP contribution in [0, 0.1) is 6.92 Å². The SMILES string of the molecule is Cc1cc(C(C)(C)C)ccc1C(=O)N1CCCC1. The van der Waals surface area contributed by atoms with Gasteiger partial charge in [0.1, 0.15) is 0 Å². The summed E-state index contributed by atoms with van der Waals surface area (Å²) in [6, 6.07) is 6.25. The van der Waals surface area contributed by atoms with E-state index in [1.54, 1.807) is 0 Å². The zero-order chi connectivity index (χ0) is 13.3. The highest BCUT2D eigenvalue weighted by molar-refractivity contribution is 5.95. The number of hydrogen-bond donors (Lipinski definition) is 0. The summed E-state index contributed by atoms with van der Waals surface area (Å²) in [5.41, 5.74) is 3.39. The molecule has 0 N–H and O–H groups in total. The first kappa shape index (κ1) is 13.1. The molecule has 2 rings (SSSR count). The van der Waals surface area contributed by atoms with E-state index >= 15 is 0 Å². The Morgan fingerprint density at radius 1 is 1.17 bits per heavy atom. The number of rotatable bonds is 1. The molecule has 0 aromatic heterocycles.